The van der Waals surface area contributed by atoms with Crippen molar-refractivity contribution in [1.82, 2.24) is 9.78 Å². The smallest absolute Gasteiger partial charge is 0.341 e. The van der Waals surface area contributed by atoms with Crippen molar-refractivity contribution in [3.63, 3.8) is 0 Å². The zero-order chi connectivity index (χ0) is 25.7. The zero-order valence-electron chi connectivity index (χ0n) is 20.9. The summed E-state index contributed by atoms with van der Waals surface area (Å²) in [5, 5.41) is 14.1. The summed E-state index contributed by atoms with van der Waals surface area (Å²) in [6.45, 7) is 4.32. The number of carboxylic acid groups (broad SMARTS) is 1. The fraction of sp³-hybridized carbons (Fsp3) is 0.241. The van der Waals surface area contributed by atoms with Crippen LogP contribution in [0.2, 0.25) is 0 Å². The molecular weight excluding hydrogens is 456 g/mol. The molecule has 0 fully saturated rings. The average molecular weight is 487 g/mol. The number of hydrogen-bond acceptors (Lipinski definition) is 5. The molecule has 7 nitrogen and oxygen atoms in total. The minimum Gasteiger partial charge on any atom is -0.493 e. The number of benzene rings is 3. The van der Waals surface area contributed by atoms with E-state index in [4.69, 9.17) is 19.3 Å². The molecule has 0 atom stereocenters. The van der Waals surface area contributed by atoms with E-state index in [0.29, 0.717) is 29.5 Å². The first-order chi connectivity index (χ1) is 17.4. The molecule has 1 heterocycles. The number of carboxylic acids is 1. The van der Waals surface area contributed by atoms with Gasteiger partial charge in [0.1, 0.15) is 5.75 Å². The van der Waals surface area contributed by atoms with Crippen LogP contribution in [0.4, 0.5) is 0 Å². The molecule has 7 heteroatoms. The maximum absolute atomic E-state index is 11.2. The topological polar surface area (TPSA) is 82.8 Å². The predicted octanol–water partition coefficient (Wildman–Crippen LogP) is 5.87. The van der Waals surface area contributed by atoms with Crippen molar-refractivity contribution in [2.75, 3.05) is 20.8 Å². The maximum atomic E-state index is 11.2. The quantitative estimate of drug-likeness (QED) is 0.302. The van der Waals surface area contributed by atoms with Crippen LogP contribution in [0.25, 0.3) is 22.5 Å². The third kappa shape index (κ3) is 5.35. The molecule has 0 bridgehead atoms. The van der Waals surface area contributed by atoms with Crippen molar-refractivity contribution in [1.29, 1.82) is 0 Å². The highest BCUT2D eigenvalue weighted by molar-refractivity contribution is 5.78. The first-order valence-corrected chi connectivity index (χ1v) is 11.7. The van der Waals surface area contributed by atoms with Gasteiger partial charge >= 0.3 is 5.97 Å². The Hall–Kier alpha value is -4.26. The Bertz CT molecular complexity index is 1350. The van der Waals surface area contributed by atoms with Crippen LogP contribution in [0.1, 0.15) is 30.9 Å². The van der Waals surface area contributed by atoms with Crippen LogP contribution in [0.3, 0.4) is 0 Å². The Morgan fingerprint density at radius 2 is 1.69 bits per heavy atom. The summed E-state index contributed by atoms with van der Waals surface area (Å²) in [5.41, 5.74) is 5.27. The number of para-hydroxylation sites is 1. The fourth-order valence-electron chi connectivity index (χ4n) is 4.10. The fourth-order valence-corrected chi connectivity index (χ4v) is 4.10. The summed E-state index contributed by atoms with van der Waals surface area (Å²) in [7, 11) is 3.22. The molecule has 186 valence electrons. The van der Waals surface area contributed by atoms with Crippen molar-refractivity contribution in [3.8, 4) is 39.8 Å². The molecule has 4 rings (SSSR count). The van der Waals surface area contributed by atoms with E-state index in [2.05, 4.69) is 26.0 Å². The Balaban J connectivity index is 1.90. The van der Waals surface area contributed by atoms with Crippen LogP contribution in [0, 0.1) is 0 Å². The molecule has 0 aliphatic heterocycles. The summed E-state index contributed by atoms with van der Waals surface area (Å²) >= 11 is 0. The van der Waals surface area contributed by atoms with Gasteiger partial charge in [-0.2, -0.15) is 5.10 Å². The summed E-state index contributed by atoms with van der Waals surface area (Å²) < 4.78 is 18.8. The third-order valence-electron chi connectivity index (χ3n) is 5.93. The van der Waals surface area contributed by atoms with E-state index in [1.165, 1.54) is 0 Å². The molecule has 1 aromatic heterocycles. The zero-order valence-corrected chi connectivity index (χ0v) is 20.9. The van der Waals surface area contributed by atoms with Gasteiger partial charge in [0.2, 0.25) is 0 Å². The molecule has 0 saturated carbocycles. The van der Waals surface area contributed by atoms with Crippen molar-refractivity contribution in [3.05, 3.63) is 83.9 Å². The van der Waals surface area contributed by atoms with E-state index in [-0.39, 0.29) is 5.92 Å². The molecule has 1 N–H and O–H groups in total. The molecule has 3 aromatic carbocycles. The van der Waals surface area contributed by atoms with E-state index in [1.54, 1.807) is 14.2 Å². The second-order valence-corrected chi connectivity index (χ2v) is 8.69. The van der Waals surface area contributed by atoms with Crippen LogP contribution in [0.15, 0.2) is 72.8 Å². The van der Waals surface area contributed by atoms with Crippen molar-refractivity contribution >= 4 is 5.97 Å². The number of nitrogens with zero attached hydrogens (tertiary/aromatic N) is 2. The second-order valence-electron chi connectivity index (χ2n) is 8.69. The van der Waals surface area contributed by atoms with Gasteiger partial charge < -0.3 is 19.3 Å². The molecule has 36 heavy (non-hydrogen) atoms. The molecule has 0 spiro atoms. The molecular formula is C29H30N2O5. The first-order valence-electron chi connectivity index (χ1n) is 11.7. The van der Waals surface area contributed by atoms with E-state index in [9.17, 15) is 9.90 Å². The van der Waals surface area contributed by atoms with Gasteiger partial charge in [-0.15, -0.1) is 0 Å². The third-order valence-corrected chi connectivity index (χ3v) is 5.93. The predicted molar refractivity (Wildman–Crippen MR) is 139 cm³/mol. The Morgan fingerprint density at radius 1 is 0.917 bits per heavy atom. The summed E-state index contributed by atoms with van der Waals surface area (Å²) in [4.78, 5) is 11.2. The number of carbonyl (C=O) groups is 1. The molecule has 0 radical (unpaired) electrons. The van der Waals surface area contributed by atoms with Crippen molar-refractivity contribution in [2.45, 2.75) is 26.3 Å². The van der Waals surface area contributed by atoms with Gasteiger partial charge in [0.15, 0.2) is 18.1 Å². The molecule has 0 unspecified atom stereocenters. The van der Waals surface area contributed by atoms with E-state index < -0.39 is 12.6 Å². The normalized spacial score (nSPS) is 10.9. The number of aromatic nitrogens is 2. The molecule has 0 aliphatic rings. The van der Waals surface area contributed by atoms with Gasteiger partial charge in [0.05, 0.1) is 32.2 Å². The van der Waals surface area contributed by atoms with Crippen molar-refractivity contribution < 1.29 is 24.1 Å². The Kier molecular flexibility index (Phi) is 7.59. The lowest BCUT2D eigenvalue weighted by Crippen LogP contribution is -2.10. The summed E-state index contributed by atoms with van der Waals surface area (Å²) in [6.07, 6.45) is 0. The number of hydrogen-bond donors (Lipinski definition) is 1. The van der Waals surface area contributed by atoms with E-state index >= 15 is 0 Å². The summed E-state index contributed by atoms with van der Waals surface area (Å²) in [5.74, 6) is 0.942. The largest absolute Gasteiger partial charge is 0.493 e. The van der Waals surface area contributed by atoms with Gasteiger partial charge in [0.25, 0.3) is 0 Å². The minimum absolute atomic E-state index is 0.279. The first kappa shape index (κ1) is 24.9. The Labute approximate surface area is 210 Å². The Morgan fingerprint density at radius 3 is 2.36 bits per heavy atom. The van der Waals surface area contributed by atoms with Gasteiger partial charge in [-0.3, -0.25) is 4.68 Å². The summed E-state index contributed by atoms with van der Waals surface area (Å²) in [6, 6.07) is 23.6. The minimum atomic E-state index is -1.04. The highest BCUT2D eigenvalue weighted by Gasteiger charge is 2.21. The number of rotatable bonds is 10. The number of aliphatic carboxylic acids is 1. The van der Waals surface area contributed by atoms with E-state index in [0.717, 1.165) is 27.9 Å². The number of ether oxygens (including phenoxy) is 3. The molecule has 4 aromatic rings. The van der Waals surface area contributed by atoms with Crippen molar-refractivity contribution in [2.24, 2.45) is 0 Å². The van der Waals surface area contributed by atoms with Gasteiger partial charge in [0, 0.05) is 11.1 Å². The second kappa shape index (κ2) is 11.0. The van der Waals surface area contributed by atoms with Gasteiger partial charge in [-0.1, -0.05) is 56.3 Å². The standard InChI is InChI=1S/C29H30N2O5/c1-19(2)21-13-14-26(36-18-28(32)33)23(15-21)24-16-25(22-11-8-12-27(34-3)29(22)35-4)31(30-24)17-20-9-6-5-7-10-20/h5-16,19H,17-18H2,1-4H3,(H,32,33). The molecule has 0 amide bonds. The van der Waals surface area contributed by atoms with Gasteiger partial charge in [-0.25, -0.2) is 4.79 Å². The van der Waals surface area contributed by atoms with Crippen LogP contribution in [0.5, 0.6) is 17.2 Å². The monoisotopic (exact) mass is 486 g/mol. The molecule has 0 aliphatic carbocycles. The number of methoxy groups -OCH3 is 2. The lowest BCUT2D eigenvalue weighted by Gasteiger charge is -2.14. The highest BCUT2D eigenvalue weighted by atomic mass is 16.5. The van der Waals surface area contributed by atoms with E-state index in [1.807, 2.05) is 65.3 Å². The van der Waals surface area contributed by atoms with Crippen LogP contribution in [-0.4, -0.2) is 41.7 Å². The lowest BCUT2D eigenvalue weighted by atomic mass is 9.98. The van der Waals surface area contributed by atoms with Crippen LogP contribution >= 0.6 is 0 Å². The average Bonchev–Trinajstić information content (AvgIpc) is 3.30. The van der Waals surface area contributed by atoms with Gasteiger partial charge in [-0.05, 0) is 47.4 Å². The maximum Gasteiger partial charge on any atom is 0.341 e. The molecule has 0 saturated heterocycles. The highest BCUT2D eigenvalue weighted by Crippen LogP contribution is 2.41. The SMILES string of the molecule is COc1cccc(-c2cc(-c3cc(C(C)C)ccc3OCC(=O)O)nn2Cc2ccccc2)c1OC. The lowest BCUT2D eigenvalue weighted by molar-refractivity contribution is -0.139. The van der Waals surface area contributed by atoms with Crippen LogP contribution in [-0.2, 0) is 11.3 Å². The van der Waals surface area contributed by atoms with Crippen LogP contribution < -0.4 is 14.2 Å².